The Kier molecular flexibility index (Phi) is 5.37. The minimum Gasteiger partial charge on any atom is -0.442 e. The molecule has 17 heavy (non-hydrogen) atoms. The maximum Gasteiger partial charge on any atom is 0.410 e. The first-order valence-electron chi connectivity index (χ1n) is 4.96. The fraction of sp³-hybridized carbons (Fsp3) is 0.889. The fourth-order valence-corrected chi connectivity index (χ4v) is 1.16. The molecule has 0 aromatic rings. The zero-order valence-electron chi connectivity index (χ0n) is 10.4. The molecule has 0 radical (unpaired) electrons. The van der Waals surface area contributed by atoms with E-state index in [0.29, 0.717) is 12.8 Å². The van der Waals surface area contributed by atoms with Crippen molar-refractivity contribution in [2.45, 2.75) is 32.4 Å². The first-order chi connectivity index (χ1) is 7.45. The molecular weight excluding hydrogens is 250 g/mol. The summed E-state index contributed by atoms with van der Waals surface area (Å²) in [5.41, 5.74) is -0.221. The van der Waals surface area contributed by atoms with Crippen molar-refractivity contribution < 1.29 is 27.6 Å². The van der Waals surface area contributed by atoms with Gasteiger partial charge in [-0.2, -0.15) is 8.42 Å². The Balaban J connectivity index is 0.000000437. The van der Waals surface area contributed by atoms with Gasteiger partial charge in [0.1, 0.15) is 6.10 Å². The number of carbonyl (C=O) groups excluding carboxylic acids is 1. The van der Waals surface area contributed by atoms with Crippen LogP contribution in [0.2, 0.25) is 0 Å². The van der Waals surface area contributed by atoms with Crippen LogP contribution in [0.4, 0.5) is 4.79 Å². The molecule has 2 N–H and O–H groups in total. The number of rotatable bonds is 1. The Morgan fingerprint density at radius 3 is 2.06 bits per heavy atom. The van der Waals surface area contributed by atoms with Crippen LogP contribution in [0.25, 0.3) is 0 Å². The molecule has 1 aliphatic rings. The van der Waals surface area contributed by atoms with Gasteiger partial charge in [0.15, 0.2) is 0 Å². The van der Waals surface area contributed by atoms with E-state index in [9.17, 15) is 13.2 Å². The summed E-state index contributed by atoms with van der Waals surface area (Å²) < 4.78 is 30.8. The summed E-state index contributed by atoms with van der Waals surface area (Å²) >= 11 is 0. The summed E-state index contributed by atoms with van der Waals surface area (Å²) in [4.78, 5) is 12.8. The number of aliphatic hydroxyl groups excluding tert-OH is 1. The van der Waals surface area contributed by atoms with E-state index < -0.39 is 10.1 Å². The monoisotopic (exact) mass is 269 g/mol. The Labute approximate surface area is 101 Å². The maximum absolute atomic E-state index is 11.2. The fourth-order valence-electron chi connectivity index (χ4n) is 1.16. The molecule has 1 atom stereocenters. The minimum atomic E-state index is -3.67. The van der Waals surface area contributed by atoms with Crippen molar-refractivity contribution in [3.63, 3.8) is 0 Å². The lowest BCUT2D eigenvalue weighted by atomic mass is 10.1. The molecule has 0 aliphatic carbocycles. The van der Waals surface area contributed by atoms with Crippen LogP contribution in [0.15, 0.2) is 0 Å². The van der Waals surface area contributed by atoms with Gasteiger partial charge in [0.2, 0.25) is 0 Å². The SMILES string of the molecule is CC(C)(C)N1CC(CO)OC1=O.CS(=O)(=O)O. The van der Waals surface area contributed by atoms with Crippen LogP contribution in [0.5, 0.6) is 0 Å². The van der Waals surface area contributed by atoms with Crippen LogP contribution in [0, 0.1) is 0 Å². The molecule has 0 aromatic carbocycles. The second kappa shape index (κ2) is 5.65. The third-order valence-corrected chi connectivity index (χ3v) is 1.89. The Bertz CT molecular complexity index is 350. The van der Waals surface area contributed by atoms with Crippen LogP contribution in [0.1, 0.15) is 20.8 Å². The molecule has 0 saturated carbocycles. The molecule has 1 aliphatic heterocycles. The normalized spacial score (nSPS) is 20.7. The predicted octanol–water partition coefficient (Wildman–Crippen LogP) is 0.102. The third kappa shape index (κ3) is 7.14. The van der Waals surface area contributed by atoms with E-state index in [1.54, 1.807) is 4.90 Å². The molecule has 8 heteroatoms. The smallest absolute Gasteiger partial charge is 0.410 e. The van der Waals surface area contributed by atoms with Crippen molar-refractivity contribution in [2.24, 2.45) is 0 Å². The topological polar surface area (TPSA) is 104 Å². The molecule has 0 bridgehead atoms. The number of ether oxygens (including phenoxy) is 1. The lowest BCUT2D eigenvalue weighted by Gasteiger charge is -2.29. The van der Waals surface area contributed by atoms with Crippen LogP contribution >= 0.6 is 0 Å². The summed E-state index contributed by atoms with van der Waals surface area (Å²) in [6.07, 6.45) is 0.0331. The zero-order valence-corrected chi connectivity index (χ0v) is 11.2. The number of aliphatic hydroxyl groups is 1. The lowest BCUT2D eigenvalue weighted by molar-refractivity contribution is 0.0927. The molecular formula is C9H19NO6S. The second-order valence-corrected chi connectivity index (χ2v) is 6.17. The van der Waals surface area contributed by atoms with Crippen molar-refractivity contribution in [3.8, 4) is 0 Å². The number of amides is 1. The van der Waals surface area contributed by atoms with Gasteiger partial charge >= 0.3 is 6.09 Å². The lowest BCUT2D eigenvalue weighted by Crippen LogP contribution is -2.42. The number of hydrogen-bond donors (Lipinski definition) is 2. The predicted molar refractivity (Wildman–Crippen MR) is 61.3 cm³/mol. The third-order valence-electron chi connectivity index (χ3n) is 1.89. The number of cyclic esters (lactones) is 1. The molecule has 1 saturated heterocycles. The summed E-state index contributed by atoms with van der Waals surface area (Å²) in [7, 11) is -3.67. The molecule has 102 valence electrons. The summed E-state index contributed by atoms with van der Waals surface area (Å²) in [6.45, 7) is 6.20. The van der Waals surface area contributed by atoms with Gasteiger partial charge in [0.25, 0.3) is 10.1 Å². The van der Waals surface area contributed by atoms with Crippen molar-refractivity contribution in [1.82, 2.24) is 4.90 Å². The molecule has 1 amide bonds. The van der Waals surface area contributed by atoms with E-state index in [2.05, 4.69) is 0 Å². The number of carbonyl (C=O) groups is 1. The summed E-state index contributed by atoms with van der Waals surface area (Å²) in [5, 5.41) is 8.76. The highest BCUT2D eigenvalue weighted by molar-refractivity contribution is 7.85. The van der Waals surface area contributed by atoms with E-state index in [1.165, 1.54) is 0 Å². The molecule has 0 spiro atoms. The van der Waals surface area contributed by atoms with Crippen molar-refractivity contribution >= 4 is 16.2 Å². The van der Waals surface area contributed by atoms with E-state index in [4.69, 9.17) is 14.4 Å². The highest BCUT2D eigenvalue weighted by Crippen LogP contribution is 2.21. The van der Waals surface area contributed by atoms with E-state index in [0.717, 1.165) is 0 Å². The Morgan fingerprint density at radius 2 is 1.88 bits per heavy atom. The first-order valence-corrected chi connectivity index (χ1v) is 6.81. The highest BCUT2D eigenvalue weighted by Gasteiger charge is 2.37. The van der Waals surface area contributed by atoms with E-state index in [-0.39, 0.29) is 24.3 Å². The quantitative estimate of drug-likeness (QED) is 0.654. The largest absolute Gasteiger partial charge is 0.442 e. The zero-order chi connectivity index (χ0) is 13.9. The second-order valence-electron chi connectivity index (χ2n) is 4.70. The molecule has 1 fully saturated rings. The minimum absolute atomic E-state index is 0.0989. The number of hydrogen-bond acceptors (Lipinski definition) is 5. The summed E-state index contributed by atoms with van der Waals surface area (Å²) in [6, 6.07) is 0. The molecule has 1 heterocycles. The summed E-state index contributed by atoms with van der Waals surface area (Å²) in [5.74, 6) is 0. The Hall–Kier alpha value is -0.860. The molecule has 1 rings (SSSR count). The van der Waals surface area contributed by atoms with Crippen LogP contribution in [0.3, 0.4) is 0 Å². The van der Waals surface area contributed by atoms with Gasteiger partial charge in [-0.05, 0) is 20.8 Å². The van der Waals surface area contributed by atoms with Gasteiger partial charge in [0, 0.05) is 5.54 Å². The molecule has 0 aromatic heterocycles. The Morgan fingerprint density at radius 1 is 1.47 bits per heavy atom. The van der Waals surface area contributed by atoms with Gasteiger partial charge in [-0.15, -0.1) is 0 Å². The van der Waals surface area contributed by atoms with Crippen molar-refractivity contribution in [2.75, 3.05) is 19.4 Å². The first kappa shape index (κ1) is 16.1. The maximum atomic E-state index is 11.2. The average Bonchev–Trinajstić information content (AvgIpc) is 2.42. The van der Waals surface area contributed by atoms with Crippen molar-refractivity contribution in [1.29, 1.82) is 0 Å². The van der Waals surface area contributed by atoms with Gasteiger partial charge in [-0.1, -0.05) is 0 Å². The van der Waals surface area contributed by atoms with Crippen LogP contribution < -0.4 is 0 Å². The average molecular weight is 269 g/mol. The van der Waals surface area contributed by atoms with Crippen molar-refractivity contribution in [3.05, 3.63) is 0 Å². The standard InChI is InChI=1S/C8H15NO3.CH4O3S/c1-8(2,3)9-4-6(5-10)12-7(9)11;1-5(2,3)4/h6,10H,4-5H2,1-3H3;1H3,(H,2,3,4). The van der Waals surface area contributed by atoms with Gasteiger partial charge in [-0.3, -0.25) is 9.45 Å². The van der Waals surface area contributed by atoms with Crippen LogP contribution in [-0.4, -0.2) is 60.1 Å². The van der Waals surface area contributed by atoms with Gasteiger partial charge < -0.3 is 9.84 Å². The van der Waals surface area contributed by atoms with Crippen LogP contribution in [-0.2, 0) is 14.9 Å². The molecule has 1 unspecified atom stereocenters. The number of nitrogens with zero attached hydrogens (tertiary/aromatic N) is 1. The van der Waals surface area contributed by atoms with E-state index in [1.807, 2.05) is 20.8 Å². The molecule has 7 nitrogen and oxygen atoms in total. The highest BCUT2D eigenvalue weighted by atomic mass is 32.2. The van der Waals surface area contributed by atoms with Gasteiger partial charge in [0.05, 0.1) is 19.4 Å². The van der Waals surface area contributed by atoms with E-state index >= 15 is 0 Å². The van der Waals surface area contributed by atoms with Gasteiger partial charge in [-0.25, -0.2) is 4.79 Å².